The highest BCUT2D eigenvalue weighted by Crippen LogP contribution is 2.17. The van der Waals surface area contributed by atoms with Crippen molar-refractivity contribution in [1.82, 2.24) is 9.80 Å². The van der Waals surface area contributed by atoms with E-state index in [1.165, 1.54) is 15.3 Å². The van der Waals surface area contributed by atoms with Crippen molar-refractivity contribution in [3.8, 4) is 0 Å². The maximum Gasteiger partial charge on any atom is 0.227 e. The van der Waals surface area contributed by atoms with E-state index in [0.29, 0.717) is 6.42 Å². The fourth-order valence-electron chi connectivity index (χ4n) is 3.06. The molecule has 0 saturated carbocycles. The van der Waals surface area contributed by atoms with Crippen LogP contribution in [0.2, 0.25) is 0 Å². The summed E-state index contributed by atoms with van der Waals surface area (Å²) in [5.41, 5.74) is 1.35. The molecule has 2 aromatic rings. The van der Waals surface area contributed by atoms with Crippen molar-refractivity contribution in [3.05, 3.63) is 57.8 Å². The molecule has 0 atom stereocenters. The van der Waals surface area contributed by atoms with Gasteiger partial charge in [-0.2, -0.15) is 0 Å². The molecule has 23 heavy (non-hydrogen) atoms. The predicted molar refractivity (Wildman–Crippen MR) is 95.7 cm³/mol. The summed E-state index contributed by atoms with van der Waals surface area (Å²) in [6.45, 7) is 6.82. The first kappa shape index (κ1) is 16.2. The SMILES string of the molecule is Cc1ccc(CC(=O)N2CCCN(Cc3ccccc3)CC2)s1. The number of nitrogens with zero attached hydrogens (tertiary/aromatic N) is 2. The second-order valence-electron chi connectivity index (χ2n) is 6.19. The van der Waals surface area contributed by atoms with Gasteiger partial charge in [-0.25, -0.2) is 0 Å². The van der Waals surface area contributed by atoms with Crippen LogP contribution in [0.1, 0.15) is 21.7 Å². The molecular formula is C19H24N2OS. The van der Waals surface area contributed by atoms with Crippen LogP contribution in [-0.4, -0.2) is 41.9 Å². The molecule has 0 unspecified atom stereocenters. The van der Waals surface area contributed by atoms with E-state index < -0.39 is 0 Å². The highest BCUT2D eigenvalue weighted by atomic mass is 32.1. The summed E-state index contributed by atoms with van der Waals surface area (Å²) in [6.07, 6.45) is 1.61. The van der Waals surface area contributed by atoms with Gasteiger partial charge in [-0.3, -0.25) is 9.69 Å². The van der Waals surface area contributed by atoms with Crippen molar-refractivity contribution >= 4 is 17.2 Å². The number of amides is 1. The maximum absolute atomic E-state index is 12.5. The molecule has 0 N–H and O–H groups in total. The first-order valence-corrected chi connectivity index (χ1v) is 9.12. The highest BCUT2D eigenvalue weighted by molar-refractivity contribution is 7.12. The number of hydrogen-bond acceptors (Lipinski definition) is 3. The second-order valence-corrected chi connectivity index (χ2v) is 7.56. The average Bonchev–Trinajstić information content (AvgIpc) is 2.82. The summed E-state index contributed by atoms with van der Waals surface area (Å²) in [4.78, 5) is 19.5. The highest BCUT2D eigenvalue weighted by Gasteiger charge is 2.19. The van der Waals surface area contributed by atoms with Crippen LogP contribution in [0.4, 0.5) is 0 Å². The molecule has 1 aliphatic rings. The number of benzene rings is 1. The molecule has 1 aromatic heterocycles. The Hall–Kier alpha value is -1.65. The van der Waals surface area contributed by atoms with E-state index in [4.69, 9.17) is 0 Å². The minimum atomic E-state index is 0.272. The topological polar surface area (TPSA) is 23.6 Å². The first-order valence-electron chi connectivity index (χ1n) is 8.30. The fourth-order valence-corrected chi connectivity index (χ4v) is 3.94. The molecule has 4 heteroatoms. The molecule has 1 fully saturated rings. The van der Waals surface area contributed by atoms with Crippen molar-refractivity contribution < 1.29 is 4.79 Å². The molecule has 1 aromatic carbocycles. The van der Waals surface area contributed by atoms with Crippen molar-refractivity contribution in [2.24, 2.45) is 0 Å². The number of aryl methyl sites for hydroxylation is 1. The summed E-state index contributed by atoms with van der Waals surface area (Å²) < 4.78 is 0. The zero-order valence-electron chi connectivity index (χ0n) is 13.7. The Morgan fingerprint density at radius 3 is 2.61 bits per heavy atom. The lowest BCUT2D eigenvalue weighted by Gasteiger charge is -2.22. The summed E-state index contributed by atoms with van der Waals surface area (Å²) >= 11 is 1.73. The largest absolute Gasteiger partial charge is 0.341 e. The molecule has 1 aliphatic heterocycles. The van der Waals surface area contributed by atoms with Crippen LogP contribution in [0.15, 0.2) is 42.5 Å². The first-order chi connectivity index (χ1) is 11.2. The Kier molecular flexibility index (Phi) is 5.47. The Labute approximate surface area is 142 Å². The van der Waals surface area contributed by atoms with Crippen LogP contribution >= 0.6 is 11.3 Å². The molecule has 0 aliphatic carbocycles. The van der Waals surface area contributed by atoms with Gasteiger partial charge in [0.15, 0.2) is 0 Å². The van der Waals surface area contributed by atoms with Gasteiger partial charge in [-0.1, -0.05) is 30.3 Å². The number of hydrogen-bond donors (Lipinski definition) is 0. The lowest BCUT2D eigenvalue weighted by atomic mass is 10.2. The Morgan fingerprint density at radius 2 is 1.87 bits per heavy atom. The summed E-state index contributed by atoms with van der Waals surface area (Å²) in [7, 11) is 0. The quantitative estimate of drug-likeness (QED) is 0.859. The zero-order chi connectivity index (χ0) is 16.1. The van der Waals surface area contributed by atoms with Crippen LogP contribution in [0, 0.1) is 6.92 Å². The normalized spacial score (nSPS) is 16.3. The molecular weight excluding hydrogens is 304 g/mol. The second kappa shape index (κ2) is 7.75. The van der Waals surface area contributed by atoms with Gasteiger partial charge in [-0.05, 0) is 31.0 Å². The Balaban J connectivity index is 1.52. The van der Waals surface area contributed by atoms with Crippen molar-refractivity contribution in [2.75, 3.05) is 26.2 Å². The minimum Gasteiger partial charge on any atom is -0.341 e. The van der Waals surface area contributed by atoms with Crippen LogP contribution in [-0.2, 0) is 17.8 Å². The lowest BCUT2D eigenvalue weighted by Crippen LogP contribution is -2.35. The standard InChI is InChI=1S/C19H24N2OS/c1-16-8-9-18(23-16)14-19(22)21-11-5-10-20(12-13-21)15-17-6-3-2-4-7-17/h2-4,6-9H,5,10-15H2,1H3. The average molecular weight is 328 g/mol. The Bertz CT molecular complexity index is 638. The summed E-state index contributed by atoms with van der Waals surface area (Å²) in [6, 6.07) is 14.8. The van der Waals surface area contributed by atoms with E-state index in [2.05, 4.69) is 54.3 Å². The summed E-state index contributed by atoms with van der Waals surface area (Å²) in [5, 5.41) is 0. The summed E-state index contributed by atoms with van der Waals surface area (Å²) in [5.74, 6) is 0.272. The van der Waals surface area contributed by atoms with E-state index in [9.17, 15) is 4.79 Å². The van der Waals surface area contributed by atoms with Gasteiger partial charge in [-0.15, -0.1) is 11.3 Å². The molecule has 122 valence electrons. The number of carbonyl (C=O) groups is 1. The van der Waals surface area contributed by atoms with Crippen molar-refractivity contribution in [3.63, 3.8) is 0 Å². The lowest BCUT2D eigenvalue weighted by molar-refractivity contribution is -0.130. The third kappa shape index (κ3) is 4.66. The molecule has 0 spiro atoms. The number of thiophene rings is 1. The number of carbonyl (C=O) groups excluding carboxylic acids is 1. The maximum atomic E-state index is 12.5. The predicted octanol–water partition coefficient (Wildman–Crippen LogP) is 3.33. The van der Waals surface area contributed by atoms with Gasteiger partial charge in [0, 0.05) is 42.5 Å². The van der Waals surface area contributed by atoms with Gasteiger partial charge >= 0.3 is 0 Å². The van der Waals surface area contributed by atoms with E-state index in [1.807, 2.05) is 4.90 Å². The minimum absolute atomic E-state index is 0.272. The van der Waals surface area contributed by atoms with Gasteiger partial charge in [0.25, 0.3) is 0 Å². The van der Waals surface area contributed by atoms with Gasteiger partial charge < -0.3 is 4.90 Å². The van der Waals surface area contributed by atoms with Crippen molar-refractivity contribution in [2.45, 2.75) is 26.3 Å². The van der Waals surface area contributed by atoms with Crippen LogP contribution in [0.25, 0.3) is 0 Å². The van der Waals surface area contributed by atoms with E-state index in [-0.39, 0.29) is 5.91 Å². The van der Waals surface area contributed by atoms with Crippen LogP contribution in [0.3, 0.4) is 0 Å². The van der Waals surface area contributed by atoms with Crippen molar-refractivity contribution in [1.29, 1.82) is 0 Å². The van der Waals surface area contributed by atoms with E-state index >= 15 is 0 Å². The van der Waals surface area contributed by atoms with Gasteiger partial charge in [0.05, 0.1) is 6.42 Å². The smallest absolute Gasteiger partial charge is 0.227 e. The molecule has 3 rings (SSSR count). The van der Waals surface area contributed by atoms with Crippen LogP contribution in [0.5, 0.6) is 0 Å². The number of rotatable bonds is 4. The fraction of sp³-hybridized carbons (Fsp3) is 0.421. The molecule has 0 radical (unpaired) electrons. The van der Waals surface area contributed by atoms with Gasteiger partial charge in [0.2, 0.25) is 5.91 Å². The van der Waals surface area contributed by atoms with E-state index in [0.717, 1.165) is 39.1 Å². The third-order valence-electron chi connectivity index (χ3n) is 4.31. The molecule has 2 heterocycles. The zero-order valence-corrected chi connectivity index (χ0v) is 14.5. The third-order valence-corrected chi connectivity index (χ3v) is 5.31. The van der Waals surface area contributed by atoms with Gasteiger partial charge in [0.1, 0.15) is 0 Å². The Morgan fingerprint density at radius 1 is 1.04 bits per heavy atom. The molecule has 1 amide bonds. The molecule has 0 bridgehead atoms. The van der Waals surface area contributed by atoms with E-state index in [1.54, 1.807) is 11.3 Å². The molecule has 1 saturated heterocycles. The van der Waals surface area contributed by atoms with Crippen LogP contribution < -0.4 is 0 Å². The molecule has 3 nitrogen and oxygen atoms in total. The monoisotopic (exact) mass is 328 g/mol.